The average molecular weight is 653 g/mol. The van der Waals surface area contributed by atoms with Crippen molar-refractivity contribution in [2.24, 2.45) is 5.92 Å². The van der Waals surface area contributed by atoms with Gasteiger partial charge in [-0.1, -0.05) is 49.7 Å². The van der Waals surface area contributed by atoms with E-state index in [9.17, 15) is 40.7 Å². The minimum absolute atomic E-state index is 0.00656. The predicted molar refractivity (Wildman–Crippen MR) is 157 cm³/mol. The Morgan fingerprint density at radius 3 is 2.22 bits per heavy atom. The van der Waals surface area contributed by atoms with Gasteiger partial charge in [-0.3, -0.25) is 14.4 Å². The highest BCUT2D eigenvalue weighted by atomic mass is 35.5. The number of hydrogen-bond donors (Lipinski definition) is 3. The first kappa shape index (κ1) is 33.4. The predicted octanol–water partition coefficient (Wildman–Crippen LogP) is 7.33. The van der Waals surface area contributed by atoms with Crippen molar-refractivity contribution in [2.75, 3.05) is 5.32 Å². The van der Waals surface area contributed by atoms with Crippen LogP contribution in [0.4, 0.5) is 32.0 Å². The van der Waals surface area contributed by atoms with Crippen molar-refractivity contribution < 1.29 is 40.7 Å². The molecular formula is C31H27ClF6N4O3. The standard InChI is InChI=1S/C31H27ClF6N4O3/c1-17(2)27(43)39-14-18-7-9-24(32)22(11-18)28(44)41-21-8-10-25-20(12-21)13-26(42(25)16-30(33,34)35)29(45)40-15-19-5-3-4-6-23(19)31(36,37)38/h3-13,17H,14-16H2,1-2H3,(H,39,43)(H,40,45)(H,41,44). The molecule has 0 atom stereocenters. The molecule has 0 spiro atoms. The molecule has 0 aliphatic heterocycles. The Kier molecular flexibility index (Phi) is 9.81. The summed E-state index contributed by atoms with van der Waals surface area (Å²) < 4.78 is 81.3. The van der Waals surface area contributed by atoms with Gasteiger partial charge in [-0.15, -0.1) is 0 Å². The summed E-state index contributed by atoms with van der Waals surface area (Å²) in [7, 11) is 0. The number of anilines is 1. The highest BCUT2D eigenvalue weighted by Gasteiger charge is 2.34. The Morgan fingerprint density at radius 2 is 1.56 bits per heavy atom. The van der Waals surface area contributed by atoms with Crippen LogP contribution in [0.2, 0.25) is 5.02 Å². The van der Waals surface area contributed by atoms with E-state index in [4.69, 9.17) is 11.6 Å². The van der Waals surface area contributed by atoms with Gasteiger partial charge in [0.05, 0.1) is 16.1 Å². The molecule has 3 aromatic carbocycles. The number of carbonyl (C=O) groups excluding carboxylic acids is 3. The smallest absolute Gasteiger partial charge is 0.352 e. The number of fused-ring (bicyclic) bond motifs is 1. The van der Waals surface area contributed by atoms with Crippen LogP contribution in [0.3, 0.4) is 0 Å². The van der Waals surface area contributed by atoms with Crippen LogP contribution in [0.1, 0.15) is 51.4 Å². The summed E-state index contributed by atoms with van der Waals surface area (Å²) >= 11 is 6.23. The first-order chi connectivity index (χ1) is 21.0. The lowest BCUT2D eigenvalue weighted by Crippen LogP contribution is -2.28. The van der Waals surface area contributed by atoms with Crippen LogP contribution in [-0.4, -0.2) is 28.5 Å². The number of nitrogens with one attached hydrogen (secondary N) is 3. The zero-order chi connectivity index (χ0) is 33.1. The lowest BCUT2D eigenvalue weighted by Gasteiger charge is -2.15. The van der Waals surface area contributed by atoms with Gasteiger partial charge in [0.25, 0.3) is 11.8 Å². The molecule has 45 heavy (non-hydrogen) atoms. The number of nitrogens with zero attached hydrogens (tertiary/aromatic N) is 1. The number of aromatic nitrogens is 1. The topological polar surface area (TPSA) is 92.2 Å². The number of carbonyl (C=O) groups is 3. The molecule has 0 unspecified atom stereocenters. The Labute approximate surface area is 258 Å². The van der Waals surface area contributed by atoms with Crippen molar-refractivity contribution in [3.8, 4) is 0 Å². The van der Waals surface area contributed by atoms with Crippen LogP contribution in [0, 0.1) is 5.92 Å². The average Bonchev–Trinajstić information content (AvgIpc) is 3.30. The number of halogens is 7. The van der Waals surface area contributed by atoms with Crippen molar-refractivity contribution >= 4 is 45.9 Å². The van der Waals surface area contributed by atoms with Gasteiger partial charge in [0.2, 0.25) is 5.91 Å². The maximum atomic E-state index is 13.5. The molecule has 0 aliphatic carbocycles. The molecule has 0 fully saturated rings. The molecule has 3 amide bonds. The van der Waals surface area contributed by atoms with Gasteiger partial charge < -0.3 is 20.5 Å². The highest BCUT2D eigenvalue weighted by molar-refractivity contribution is 6.34. The Balaban J connectivity index is 1.59. The van der Waals surface area contributed by atoms with Crippen LogP contribution in [-0.2, 0) is 30.6 Å². The summed E-state index contributed by atoms with van der Waals surface area (Å²) in [6.45, 7) is 1.50. The molecular weight excluding hydrogens is 626 g/mol. The van der Waals surface area contributed by atoms with E-state index >= 15 is 0 Å². The summed E-state index contributed by atoms with van der Waals surface area (Å²) in [5, 5.41) is 7.92. The number of rotatable bonds is 9. The molecule has 0 radical (unpaired) electrons. The number of hydrogen-bond acceptors (Lipinski definition) is 3. The largest absolute Gasteiger partial charge is 0.416 e. The minimum atomic E-state index is -4.73. The third kappa shape index (κ3) is 8.35. The molecule has 14 heteroatoms. The van der Waals surface area contributed by atoms with Gasteiger partial charge in [0.1, 0.15) is 12.2 Å². The Bertz CT molecular complexity index is 1750. The van der Waals surface area contributed by atoms with Gasteiger partial charge >= 0.3 is 12.4 Å². The lowest BCUT2D eigenvalue weighted by atomic mass is 10.1. The molecule has 238 valence electrons. The zero-order valence-corrected chi connectivity index (χ0v) is 24.6. The van der Waals surface area contributed by atoms with Gasteiger partial charge in [-0.25, -0.2) is 0 Å². The van der Waals surface area contributed by atoms with E-state index in [2.05, 4.69) is 16.0 Å². The lowest BCUT2D eigenvalue weighted by molar-refractivity contribution is -0.140. The van der Waals surface area contributed by atoms with Crippen molar-refractivity contribution in [3.05, 3.63) is 99.7 Å². The third-order valence-corrected chi connectivity index (χ3v) is 7.09. The minimum Gasteiger partial charge on any atom is -0.352 e. The number of amides is 3. The molecule has 7 nitrogen and oxygen atoms in total. The van der Waals surface area contributed by atoms with E-state index in [0.717, 1.165) is 18.2 Å². The van der Waals surface area contributed by atoms with Gasteiger partial charge in [-0.05, 0) is 53.6 Å². The third-order valence-electron chi connectivity index (χ3n) is 6.76. The molecule has 1 heterocycles. The maximum Gasteiger partial charge on any atom is 0.416 e. The summed E-state index contributed by atoms with van der Waals surface area (Å²) in [6, 6.07) is 14.3. The molecule has 0 aliphatic rings. The van der Waals surface area contributed by atoms with E-state index in [1.54, 1.807) is 19.9 Å². The monoisotopic (exact) mass is 652 g/mol. The van der Waals surface area contributed by atoms with Crippen LogP contribution in [0.15, 0.2) is 66.7 Å². The first-order valence-electron chi connectivity index (χ1n) is 13.5. The summed E-state index contributed by atoms with van der Waals surface area (Å²) in [6.07, 6.45) is -9.42. The normalized spacial score (nSPS) is 12.0. The van der Waals surface area contributed by atoms with Gasteiger partial charge in [-0.2, -0.15) is 26.3 Å². The van der Waals surface area contributed by atoms with E-state index in [1.807, 2.05) is 0 Å². The molecule has 0 saturated heterocycles. The Morgan fingerprint density at radius 1 is 0.844 bits per heavy atom. The quantitative estimate of drug-likeness (QED) is 0.165. The van der Waals surface area contributed by atoms with E-state index in [1.165, 1.54) is 42.5 Å². The van der Waals surface area contributed by atoms with E-state index in [-0.39, 0.29) is 51.1 Å². The molecule has 1 aromatic heterocycles. The molecule has 0 saturated carbocycles. The van der Waals surface area contributed by atoms with E-state index < -0.39 is 48.5 Å². The second-order valence-electron chi connectivity index (χ2n) is 10.5. The van der Waals surface area contributed by atoms with Gasteiger partial charge in [0, 0.05) is 35.6 Å². The summed E-state index contributed by atoms with van der Waals surface area (Å²) in [5.41, 5.74) is -0.799. The molecule has 4 rings (SSSR count). The van der Waals surface area contributed by atoms with Crippen LogP contribution in [0.25, 0.3) is 10.9 Å². The summed E-state index contributed by atoms with van der Waals surface area (Å²) in [4.78, 5) is 38.0. The fourth-order valence-corrected chi connectivity index (χ4v) is 4.75. The van der Waals surface area contributed by atoms with Crippen molar-refractivity contribution in [2.45, 2.75) is 45.8 Å². The molecule has 0 bridgehead atoms. The highest BCUT2D eigenvalue weighted by Crippen LogP contribution is 2.32. The van der Waals surface area contributed by atoms with E-state index in [0.29, 0.717) is 10.1 Å². The Hall–Kier alpha value is -4.52. The molecule has 4 aromatic rings. The zero-order valence-electron chi connectivity index (χ0n) is 23.9. The second-order valence-corrected chi connectivity index (χ2v) is 10.9. The van der Waals surface area contributed by atoms with Crippen molar-refractivity contribution in [1.82, 2.24) is 15.2 Å². The first-order valence-corrected chi connectivity index (χ1v) is 13.9. The fourth-order valence-electron chi connectivity index (χ4n) is 4.55. The fraction of sp³-hybridized carbons (Fsp3) is 0.258. The van der Waals surface area contributed by atoms with Crippen LogP contribution in [0.5, 0.6) is 0 Å². The molecule has 3 N–H and O–H groups in total. The second kappa shape index (κ2) is 13.2. The van der Waals surface area contributed by atoms with Crippen LogP contribution < -0.4 is 16.0 Å². The maximum absolute atomic E-state index is 13.5. The summed E-state index contributed by atoms with van der Waals surface area (Å²) in [5.74, 6) is -2.07. The SMILES string of the molecule is CC(C)C(=O)NCc1ccc(Cl)c(C(=O)Nc2ccc3c(c2)cc(C(=O)NCc2ccccc2C(F)(F)F)n3CC(F)(F)F)c1. The van der Waals surface area contributed by atoms with Crippen molar-refractivity contribution in [3.63, 3.8) is 0 Å². The number of benzene rings is 3. The van der Waals surface area contributed by atoms with Crippen LogP contribution >= 0.6 is 11.6 Å². The number of alkyl halides is 6. The van der Waals surface area contributed by atoms with Crippen molar-refractivity contribution in [1.29, 1.82) is 0 Å². The van der Waals surface area contributed by atoms with Gasteiger partial charge in [0.15, 0.2) is 0 Å².